The number of hydrazine groups is 1. The largest absolute Gasteiger partial charge is 0.492 e. The maximum atomic E-state index is 11.5. The van der Waals surface area contributed by atoms with Crippen LogP contribution in [0.15, 0.2) is 41.5 Å². The Hall–Kier alpha value is -2.67. The summed E-state index contributed by atoms with van der Waals surface area (Å²) in [5, 5.41) is 0. The lowest BCUT2D eigenvalue weighted by molar-refractivity contribution is 0.0953. The van der Waals surface area contributed by atoms with E-state index < -0.39 is 0 Å². The molecular weight excluding hydrogens is 272 g/mol. The van der Waals surface area contributed by atoms with Gasteiger partial charge in [0, 0.05) is 18.0 Å². The van der Waals surface area contributed by atoms with E-state index in [9.17, 15) is 9.59 Å². The van der Waals surface area contributed by atoms with Crippen molar-refractivity contribution in [3.05, 3.63) is 58.3 Å². The first kappa shape index (κ1) is 14.7. The number of nitrogens with one attached hydrogen (secondary N) is 1. The number of hydrogen-bond donors (Lipinski definition) is 2. The van der Waals surface area contributed by atoms with Crippen LogP contribution in [0.5, 0.6) is 5.75 Å². The zero-order valence-corrected chi connectivity index (χ0v) is 11.6. The van der Waals surface area contributed by atoms with E-state index in [0.29, 0.717) is 24.5 Å². The molecule has 0 atom stereocenters. The van der Waals surface area contributed by atoms with Crippen molar-refractivity contribution in [1.29, 1.82) is 0 Å². The molecule has 0 aliphatic heterocycles. The summed E-state index contributed by atoms with van der Waals surface area (Å²) >= 11 is 0. The number of hydrogen-bond acceptors (Lipinski definition) is 5. The van der Waals surface area contributed by atoms with Crippen molar-refractivity contribution in [2.75, 3.05) is 6.61 Å². The fourth-order valence-electron chi connectivity index (χ4n) is 1.77. The second-order valence-electron chi connectivity index (χ2n) is 4.45. The molecule has 7 heteroatoms. The first-order chi connectivity index (χ1) is 10.1. The molecule has 110 valence electrons. The van der Waals surface area contributed by atoms with Crippen LogP contribution < -0.4 is 21.7 Å². The van der Waals surface area contributed by atoms with Crippen molar-refractivity contribution in [2.24, 2.45) is 5.84 Å². The Morgan fingerprint density at radius 3 is 2.76 bits per heavy atom. The summed E-state index contributed by atoms with van der Waals surface area (Å²) in [5.74, 6) is 5.29. The summed E-state index contributed by atoms with van der Waals surface area (Å²) in [7, 11) is 0. The zero-order chi connectivity index (χ0) is 15.2. The number of aryl methyl sites for hydroxylation is 1. The summed E-state index contributed by atoms with van der Waals surface area (Å²) in [6.45, 7) is 2.59. The van der Waals surface area contributed by atoms with Gasteiger partial charge in [-0.05, 0) is 36.8 Å². The van der Waals surface area contributed by atoms with Crippen molar-refractivity contribution in [1.82, 2.24) is 15.0 Å². The van der Waals surface area contributed by atoms with Gasteiger partial charge < -0.3 is 4.74 Å². The molecule has 21 heavy (non-hydrogen) atoms. The molecular formula is C14H16N4O3. The van der Waals surface area contributed by atoms with Crippen molar-refractivity contribution in [3.8, 4) is 5.75 Å². The maximum absolute atomic E-state index is 11.5. The van der Waals surface area contributed by atoms with E-state index in [4.69, 9.17) is 10.6 Å². The minimum Gasteiger partial charge on any atom is -0.492 e. The minimum absolute atomic E-state index is 0.306. The molecule has 0 aliphatic rings. The second kappa shape index (κ2) is 6.67. The SMILES string of the molecule is Cc1cnc(=O)n(CCOc2ccc(C(=O)NN)cc2)c1. The van der Waals surface area contributed by atoms with Gasteiger partial charge >= 0.3 is 5.69 Å². The number of ether oxygens (including phenoxy) is 1. The highest BCUT2D eigenvalue weighted by Crippen LogP contribution is 2.12. The van der Waals surface area contributed by atoms with Crippen molar-refractivity contribution >= 4 is 5.91 Å². The molecule has 7 nitrogen and oxygen atoms in total. The number of amides is 1. The van der Waals surface area contributed by atoms with Crippen LogP contribution in [0.25, 0.3) is 0 Å². The standard InChI is InChI=1S/C14H16N4O3/c1-10-8-16-14(20)18(9-10)6-7-21-12-4-2-11(3-5-12)13(19)17-15/h2-5,8-9H,6-7,15H2,1H3,(H,17,19). The summed E-state index contributed by atoms with van der Waals surface area (Å²) in [5.41, 5.74) is 3.10. The van der Waals surface area contributed by atoms with E-state index in [2.05, 4.69) is 10.4 Å². The Kier molecular flexibility index (Phi) is 4.68. The third kappa shape index (κ3) is 3.90. The predicted octanol–water partition coefficient (Wildman–Crippen LogP) is 0.234. The van der Waals surface area contributed by atoms with Gasteiger partial charge in [-0.2, -0.15) is 0 Å². The van der Waals surface area contributed by atoms with E-state index in [0.717, 1.165) is 5.56 Å². The van der Waals surface area contributed by atoms with Crippen molar-refractivity contribution in [2.45, 2.75) is 13.5 Å². The second-order valence-corrected chi connectivity index (χ2v) is 4.45. The fourth-order valence-corrected chi connectivity index (χ4v) is 1.77. The van der Waals surface area contributed by atoms with Crippen LogP contribution in [0.2, 0.25) is 0 Å². The van der Waals surface area contributed by atoms with Crippen LogP contribution in [0, 0.1) is 6.92 Å². The van der Waals surface area contributed by atoms with Gasteiger partial charge in [0.2, 0.25) is 0 Å². The van der Waals surface area contributed by atoms with E-state index in [-0.39, 0.29) is 11.6 Å². The lowest BCUT2D eigenvalue weighted by Crippen LogP contribution is -2.29. The average Bonchev–Trinajstić information content (AvgIpc) is 2.50. The van der Waals surface area contributed by atoms with Crippen molar-refractivity contribution < 1.29 is 9.53 Å². The summed E-state index contributed by atoms with van der Waals surface area (Å²) in [4.78, 5) is 26.5. The Bertz CT molecular complexity index is 679. The van der Waals surface area contributed by atoms with Gasteiger partial charge in [0.1, 0.15) is 12.4 Å². The highest BCUT2D eigenvalue weighted by molar-refractivity contribution is 5.93. The number of benzene rings is 1. The molecule has 1 heterocycles. The van der Waals surface area contributed by atoms with E-state index in [1.54, 1.807) is 30.5 Å². The van der Waals surface area contributed by atoms with Gasteiger partial charge in [0.05, 0.1) is 6.54 Å². The van der Waals surface area contributed by atoms with E-state index >= 15 is 0 Å². The summed E-state index contributed by atoms with van der Waals surface area (Å²) in [6, 6.07) is 6.56. The lowest BCUT2D eigenvalue weighted by Gasteiger charge is -2.08. The molecule has 2 aromatic rings. The first-order valence-corrected chi connectivity index (χ1v) is 6.37. The Balaban J connectivity index is 1.93. The zero-order valence-electron chi connectivity index (χ0n) is 11.6. The fraction of sp³-hybridized carbons (Fsp3) is 0.214. The molecule has 2 rings (SSSR count). The van der Waals surface area contributed by atoms with Crippen LogP contribution in [-0.2, 0) is 6.54 Å². The van der Waals surface area contributed by atoms with Crippen LogP contribution >= 0.6 is 0 Å². The molecule has 0 fully saturated rings. The van der Waals surface area contributed by atoms with Gasteiger partial charge in [-0.15, -0.1) is 0 Å². The van der Waals surface area contributed by atoms with Crippen molar-refractivity contribution in [3.63, 3.8) is 0 Å². The smallest absolute Gasteiger partial charge is 0.347 e. The molecule has 0 saturated heterocycles. The van der Waals surface area contributed by atoms with Gasteiger partial charge in [0.15, 0.2) is 0 Å². The van der Waals surface area contributed by atoms with Crippen LogP contribution in [0.3, 0.4) is 0 Å². The molecule has 1 aromatic carbocycles. The van der Waals surface area contributed by atoms with Gasteiger partial charge in [-0.3, -0.25) is 14.8 Å². The predicted molar refractivity (Wildman–Crippen MR) is 76.8 cm³/mol. The van der Waals surface area contributed by atoms with Crippen LogP contribution in [0.1, 0.15) is 15.9 Å². The number of rotatable bonds is 5. The monoisotopic (exact) mass is 288 g/mol. The Labute approximate surface area is 121 Å². The first-order valence-electron chi connectivity index (χ1n) is 6.37. The quantitative estimate of drug-likeness (QED) is 0.466. The number of aromatic nitrogens is 2. The number of carbonyl (C=O) groups is 1. The van der Waals surface area contributed by atoms with Gasteiger partial charge in [-0.25, -0.2) is 15.6 Å². The van der Waals surface area contributed by atoms with Gasteiger partial charge in [0.25, 0.3) is 5.91 Å². The van der Waals surface area contributed by atoms with E-state index in [1.807, 2.05) is 6.92 Å². The molecule has 0 saturated carbocycles. The highest BCUT2D eigenvalue weighted by Gasteiger charge is 2.03. The lowest BCUT2D eigenvalue weighted by atomic mass is 10.2. The Morgan fingerprint density at radius 2 is 2.10 bits per heavy atom. The topological polar surface area (TPSA) is 99.2 Å². The summed E-state index contributed by atoms with van der Waals surface area (Å²) in [6.07, 6.45) is 3.26. The van der Waals surface area contributed by atoms with Gasteiger partial charge in [-0.1, -0.05) is 0 Å². The molecule has 1 aromatic heterocycles. The number of nitrogens with two attached hydrogens (primary N) is 1. The minimum atomic E-state index is -0.362. The maximum Gasteiger partial charge on any atom is 0.347 e. The van der Waals surface area contributed by atoms with Crippen LogP contribution in [0.4, 0.5) is 0 Å². The van der Waals surface area contributed by atoms with E-state index in [1.165, 1.54) is 10.8 Å². The van der Waals surface area contributed by atoms with Crippen LogP contribution in [-0.4, -0.2) is 22.1 Å². The Morgan fingerprint density at radius 1 is 1.38 bits per heavy atom. The molecule has 0 radical (unpaired) electrons. The molecule has 0 unspecified atom stereocenters. The average molecular weight is 288 g/mol. The molecule has 0 bridgehead atoms. The number of nitrogen functional groups attached to an aromatic ring is 1. The number of carbonyl (C=O) groups excluding carboxylic acids is 1. The third-order valence-electron chi connectivity index (χ3n) is 2.83. The molecule has 3 N–H and O–H groups in total. The number of nitrogens with zero attached hydrogens (tertiary/aromatic N) is 2. The highest BCUT2D eigenvalue weighted by atomic mass is 16.5. The molecule has 0 aliphatic carbocycles. The normalized spacial score (nSPS) is 10.2. The molecule has 1 amide bonds. The third-order valence-corrected chi connectivity index (χ3v) is 2.83. The molecule has 0 spiro atoms. The summed E-state index contributed by atoms with van der Waals surface area (Å²) < 4.78 is 7.01.